The molecule has 0 saturated carbocycles. The highest BCUT2D eigenvalue weighted by Crippen LogP contribution is 2.35. The van der Waals surface area contributed by atoms with Crippen molar-refractivity contribution in [3.05, 3.63) is 114 Å². The smallest absolute Gasteiger partial charge is 0.0624 e. The van der Waals surface area contributed by atoms with Crippen molar-refractivity contribution in [3.8, 4) is 11.1 Å². The summed E-state index contributed by atoms with van der Waals surface area (Å²) in [5.41, 5.74) is 5.81. The van der Waals surface area contributed by atoms with E-state index in [1.54, 1.807) is 0 Å². The first-order valence-corrected chi connectivity index (χ1v) is 10.6. The van der Waals surface area contributed by atoms with Gasteiger partial charge in [0.05, 0.1) is 0 Å². The predicted molar refractivity (Wildman–Crippen MR) is 112 cm³/mol. The van der Waals surface area contributed by atoms with E-state index in [4.69, 9.17) is 0 Å². The minimum absolute atomic E-state index is 1.02. The summed E-state index contributed by atoms with van der Waals surface area (Å²) in [7, 11) is -1.02. The molecule has 0 atom stereocenters. The molecule has 1 aliphatic carbocycles. The molecule has 0 nitrogen and oxygen atoms in total. The Morgan fingerprint density at radius 3 is 1.77 bits per heavy atom. The van der Waals surface area contributed by atoms with Crippen LogP contribution in [0.15, 0.2) is 103 Å². The van der Waals surface area contributed by atoms with Crippen LogP contribution in [0.4, 0.5) is 0 Å². The third kappa shape index (κ3) is 2.52. The van der Waals surface area contributed by atoms with Gasteiger partial charge in [0.1, 0.15) is 0 Å². The van der Waals surface area contributed by atoms with Gasteiger partial charge in [-0.2, -0.15) is 0 Å². The van der Waals surface area contributed by atoms with Crippen LogP contribution in [0.2, 0.25) is 0 Å². The van der Waals surface area contributed by atoms with Crippen molar-refractivity contribution < 1.29 is 0 Å². The van der Waals surface area contributed by atoms with Gasteiger partial charge >= 0.3 is 0 Å². The van der Waals surface area contributed by atoms with Crippen molar-refractivity contribution in [1.82, 2.24) is 0 Å². The highest BCUT2D eigenvalue weighted by atomic mass is 28.3. The minimum Gasteiger partial charge on any atom is -0.0624 e. The number of fused-ring (bicyclic) bond motifs is 3. The lowest BCUT2D eigenvalue weighted by atomic mass is 10.1. The van der Waals surface area contributed by atoms with Crippen molar-refractivity contribution in [3.63, 3.8) is 0 Å². The average molecular weight is 348 g/mol. The first-order chi connectivity index (χ1) is 12.9. The Hall–Kier alpha value is -2.90. The maximum Gasteiger partial charge on any atom is 0.154 e. The van der Waals surface area contributed by atoms with Crippen LogP contribution >= 0.6 is 0 Å². The van der Waals surface area contributed by atoms with Crippen molar-refractivity contribution >= 4 is 24.4 Å². The van der Waals surface area contributed by atoms with Gasteiger partial charge in [-0.25, -0.2) is 0 Å². The second kappa shape index (κ2) is 6.43. The molecule has 0 saturated heterocycles. The minimum atomic E-state index is -1.02. The Morgan fingerprint density at radius 2 is 1.08 bits per heavy atom. The number of hydrogen-bond donors (Lipinski definition) is 0. The van der Waals surface area contributed by atoms with E-state index in [9.17, 15) is 0 Å². The Bertz CT molecular complexity index is 1010. The molecule has 4 aromatic carbocycles. The van der Waals surface area contributed by atoms with Crippen LogP contribution in [0.5, 0.6) is 0 Å². The molecule has 123 valence electrons. The second-order valence-corrected chi connectivity index (χ2v) is 9.22. The summed E-state index contributed by atoms with van der Waals surface area (Å²) in [4.78, 5) is 0. The Labute approximate surface area is 156 Å². The highest BCUT2D eigenvalue weighted by molar-refractivity contribution is 6.95. The van der Waals surface area contributed by atoms with Crippen molar-refractivity contribution in [2.75, 3.05) is 0 Å². The largest absolute Gasteiger partial charge is 0.154 e. The van der Waals surface area contributed by atoms with Gasteiger partial charge in [0.15, 0.2) is 8.80 Å². The van der Waals surface area contributed by atoms with Crippen LogP contribution in [0.1, 0.15) is 11.1 Å². The summed E-state index contributed by atoms with van der Waals surface area (Å²) in [5, 5.41) is 4.43. The zero-order valence-electron chi connectivity index (χ0n) is 14.5. The van der Waals surface area contributed by atoms with Crippen molar-refractivity contribution in [1.29, 1.82) is 0 Å². The van der Waals surface area contributed by atoms with Crippen LogP contribution in [0.25, 0.3) is 11.1 Å². The summed E-state index contributed by atoms with van der Waals surface area (Å²) in [6, 6.07) is 37.8. The molecular formula is C25H19Si. The molecule has 0 amide bonds. The molecule has 0 fully saturated rings. The van der Waals surface area contributed by atoms with Gasteiger partial charge in [0.2, 0.25) is 0 Å². The zero-order chi connectivity index (χ0) is 17.3. The molecule has 1 aliphatic rings. The molecule has 1 heteroatoms. The monoisotopic (exact) mass is 347 g/mol. The van der Waals surface area contributed by atoms with Gasteiger partial charge in [-0.3, -0.25) is 0 Å². The molecule has 0 spiro atoms. The molecule has 1 radical (unpaired) electrons. The van der Waals surface area contributed by atoms with Crippen LogP contribution in [-0.4, -0.2) is 8.80 Å². The fraction of sp³-hybridized carbons (Fsp3) is 0.0400. The van der Waals surface area contributed by atoms with E-state index >= 15 is 0 Å². The molecular weight excluding hydrogens is 328 g/mol. The molecule has 5 rings (SSSR count). The van der Waals surface area contributed by atoms with Crippen LogP contribution in [-0.2, 0) is 6.42 Å². The van der Waals surface area contributed by atoms with E-state index < -0.39 is 8.80 Å². The topological polar surface area (TPSA) is 0 Å². The zero-order valence-corrected chi connectivity index (χ0v) is 15.5. The van der Waals surface area contributed by atoms with Crippen LogP contribution in [0.3, 0.4) is 0 Å². The molecule has 0 N–H and O–H groups in total. The standard InChI is InChI=1S/C25H19Si/c1-3-11-20(12-4-1)26(21-13-5-2-6-14-21)25-17-9-16-23-22-15-8-7-10-19(22)18-24(23)25/h1-17H,18H2. The molecule has 4 aromatic rings. The fourth-order valence-corrected chi connectivity index (χ4v) is 6.87. The van der Waals surface area contributed by atoms with Crippen LogP contribution in [0, 0.1) is 0 Å². The Kier molecular flexibility index (Phi) is 3.80. The third-order valence-electron chi connectivity index (χ3n) is 5.25. The highest BCUT2D eigenvalue weighted by Gasteiger charge is 2.27. The van der Waals surface area contributed by atoms with E-state index in [0.717, 1.165) is 6.42 Å². The lowest BCUT2D eigenvalue weighted by Crippen LogP contribution is -2.53. The molecule has 0 aliphatic heterocycles. The Morgan fingerprint density at radius 1 is 0.500 bits per heavy atom. The maximum atomic E-state index is 2.36. The average Bonchev–Trinajstić information content (AvgIpc) is 3.10. The number of rotatable bonds is 3. The predicted octanol–water partition coefficient (Wildman–Crippen LogP) is 3.77. The van der Waals surface area contributed by atoms with Crippen molar-refractivity contribution in [2.24, 2.45) is 0 Å². The SMILES string of the molecule is c1ccc([Si](c2ccccc2)c2cccc3c2Cc2ccccc2-3)cc1. The molecule has 0 aromatic heterocycles. The van der Waals surface area contributed by atoms with Gasteiger partial charge in [-0.15, -0.1) is 0 Å². The first kappa shape index (κ1) is 15.4. The van der Waals surface area contributed by atoms with Gasteiger partial charge in [-0.1, -0.05) is 114 Å². The van der Waals surface area contributed by atoms with Gasteiger partial charge in [0.25, 0.3) is 0 Å². The third-order valence-corrected chi connectivity index (χ3v) is 8.07. The quantitative estimate of drug-likeness (QED) is 0.344. The Balaban J connectivity index is 1.72. The van der Waals surface area contributed by atoms with Gasteiger partial charge < -0.3 is 0 Å². The summed E-state index contributed by atoms with van der Waals surface area (Å²) in [5.74, 6) is 0. The summed E-state index contributed by atoms with van der Waals surface area (Å²) >= 11 is 0. The molecule has 0 bridgehead atoms. The lowest BCUT2D eigenvalue weighted by molar-refractivity contribution is 1.28. The van der Waals surface area contributed by atoms with Gasteiger partial charge in [-0.05, 0) is 33.9 Å². The second-order valence-electron chi connectivity index (χ2n) is 6.77. The summed E-state index contributed by atoms with van der Waals surface area (Å²) in [6.07, 6.45) is 1.05. The molecule has 0 unspecified atom stereocenters. The van der Waals surface area contributed by atoms with E-state index in [2.05, 4.69) is 103 Å². The van der Waals surface area contributed by atoms with E-state index in [1.165, 1.54) is 37.8 Å². The first-order valence-electron chi connectivity index (χ1n) is 9.10. The molecule has 0 heterocycles. The number of hydrogen-bond acceptors (Lipinski definition) is 0. The van der Waals surface area contributed by atoms with E-state index in [-0.39, 0.29) is 0 Å². The van der Waals surface area contributed by atoms with Crippen LogP contribution < -0.4 is 15.6 Å². The van der Waals surface area contributed by atoms with Crippen molar-refractivity contribution in [2.45, 2.75) is 6.42 Å². The summed E-state index contributed by atoms with van der Waals surface area (Å²) in [6.45, 7) is 0. The van der Waals surface area contributed by atoms with E-state index in [0.29, 0.717) is 0 Å². The van der Waals surface area contributed by atoms with Gasteiger partial charge in [0, 0.05) is 0 Å². The normalized spacial score (nSPS) is 12.0. The molecule has 26 heavy (non-hydrogen) atoms. The fourth-order valence-electron chi connectivity index (χ4n) is 4.08. The summed E-state index contributed by atoms with van der Waals surface area (Å²) < 4.78 is 0. The van der Waals surface area contributed by atoms with E-state index in [1.807, 2.05) is 0 Å². The lowest BCUT2D eigenvalue weighted by Gasteiger charge is -2.20. The number of benzene rings is 4. The maximum absolute atomic E-state index is 2.36.